The van der Waals surface area contributed by atoms with Crippen LogP contribution in [0.4, 0.5) is 4.79 Å². The Morgan fingerprint density at radius 3 is 2.82 bits per heavy atom. The van der Waals surface area contributed by atoms with Crippen molar-refractivity contribution in [2.24, 2.45) is 0 Å². The minimum absolute atomic E-state index is 0.276. The van der Waals surface area contributed by atoms with Gasteiger partial charge in [0.2, 0.25) is 0 Å². The molecule has 0 aromatic carbocycles. The number of rotatable bonds is 3. The molecule has 1 aliphatic rings. The number of nitrogens with one attached hydrogen (secondary N) is 1. The van der Waals surface area contributed by atoms with Gasteiger partial charge < -0.3 is 10.1 Å². The SMILES string of the molecule is CC(C)(C)OC(=O)NCCC1CCCC(=O)S1. The second-order valence-electron chi connectivity index (χ2n) is 5.22. The van der Waals surface area contributed by atoms with Gasteiger partial charge in [-0.15, -0.1) is 0 Å². The number of amides is 1. The van der Waals surface area contributed by atoms with Gasteiger partial charge in [0, 0.05) is 18.2 Å². The normalized spacial score (nSPS) is 21.1. The highest BCUT2D eigenvalue weighted by Gasteiger charge is 2.20. The summed E-state index contributed by atoms with van der Waals surface area (Å²) in [5.74, 6) is 0. The van der Waals surface area contributed by atoms with Crippen molar-refractivity contribution in [3.8, 4) is 0 Å². The first-order chi connectivity index (χ1) is 7.87. The zero-order valence-corrected chi connectivity index (χ0v) is 11.6. The molecule has 5 heteroatoms. The lowest BCUT2D eigenvalue weighted by molar-refractivity contribution is -0.111. The summed E-state index contributed by atoms with van der Waals surface area (Å²) in [5, 5.41) is 3.34. The van der Waals surface area contributed by atoms with Crippen molar-refractivity contribution in [1.29, 1.82) is 0 Å². The maximum atomic E-state index is 11.4. The molecule has 4 nitrogen and oxygen atoms in total. The Bertz CT molecular complexity index is 286. The van der Waals surface area contributed by atoms with Crippen LogP contribution in [-0.2, 0) is 9.53 Å². The first kappa shape index (κ1) is 14.4. The van der Waals surface area contributed by atoms with E-state index in [1.54, 1.807) is 0 Å². The number of hydrogen-bond donors (Lipinski definition) is 1. The average Bonchev–Trinajstić information content (AvgIpc) is 2.14. The summed E-state index contributed by atoms with van der Waals surface area (Å²) in [7, 11) is 0. The highest BCUT2D eigenvalue weighted by molar-refractivity contribution is 8.14. The molecule has 0 radical (unpaired) electrons. The number of carbonyl (C=O) groups is 2. The lowest BCUT2D eigenvalue weighted by Crippen LogP contribution is -2.34. The Hall–Kier alpha value is -0.710. The summed E-state index contributed by atoms with van der Waals surface area (Å²) in [5.41, 5.74) is -0.459. The minimum atomic E-state index is -0.459. The summed E-state index contributed by atoms with van der Waals surface area (Å²) in [6.07, 6.45) is 3.18. The van der Waals surface area contributed by atoms with E-state index in [0.29, 0.717) is 18.2 Å². The lowest BCUT2D eigenvalue weighted by Gasteiger charge is -2.22. The monoisotopic (exact) mass is 259 g/mol. The highest BCUT2D eigenvalue weighted by Crippen LogP contribution is 2.28. The van der Waals surface area contributed by atoms with Crippen LogP contribution in [0.2, 0.25) is 0 Å². The van der Waals surface area contributed by atoms with Crippen LogP contribution in [0.5, 0.6) is 0 Å². The van der Waals surface area contributed by atoms with Gasteiger partial charge in [-0.1, -0.05) is 11.8 Å². The molecule has 0 bridgehead atoms. The molecule has 17 heavy (non-hydrogen) atoms. The van der Waals surface area contributed by atoms with Crippen LogP contribution in [0.1, 0.15) is 46.5 Å². The van der Waals surface area contributed by atoms with E-state index in [2.05, 4.69) is 5.32 Å². The first-order valence-corrected chi connectivity index (χ1v) is 6.91. The number of alkyl carbamates (subject to hydrolysis) is 1. The smallest absolute Gasteiger partial charge is 0.407 e. The molecule has 0 saturated carbocycles. The summed E-state index contributed by atoms with van der Waals surface area (Å²) >= 11 is 1.42. The van der Waals surface area contributed by atoms with Crippen LogP contribution in [0.15, 0.2) is 0 Å². The summed E-state index contributed by atoms with van der Waals surface area (Å²) in [6, 6.07) is 0. The van der Waals surface area contributed by atoms with E-state index < -0.39 is 5.60 Å². The Morgan fingerprint density at radius 2 is 2.24 bits per heavy atom. The Balaban J connectivity index is 2.15. The van der Waals surface area contributed by atoms with Gasteiger partial charge in [-0.3, -0.25) is 4.79 Å². The molecule has 0 spiro atoms. The van der Waals surface area contributed by atoms with Crippen LogP contribution in [0.3, 0.4) is 0 Å². The zero-order chi connectivity index (χ0) is 12.9. The third-order valence-electron chi connectivity index (χ3n) is 2.34. The largest absolute Gasteiger partial charge is 0.444 e. The molecular weight excluding hydrogens is 238 g/mol. The molecule has 98 valence electrons. The van der Waals surface area contributed by atoms with Gasteiger partial charge in [-0.05, 0) is 40.0 Å². The van der Waals surface area contributed by atoms with Crippen LogP contribution >= 0.6 is 11.8 Å². The van der Waals surface area contributed by atoms with Gasteiger partial charge in [0.1, 0.15) is 5.60 Å². The predicted octanol–water partition coefficient (Wildman–Crippen LogP) is 2.71. The molecule has 0 aromatic rings. The van der Waals surface area contributed by atoms with Crippen molar-refractivity contribution in [1.82, 2.24) is 5.32 Å². The number of ether oxygens (including phenoxy) is 1. The van der Waals surface area contributed by atoms with Crippen molar-refractivity contribution < 1.29 is 14.3 Å². The van der Waals surface area contributed by atoms with Gasteiger partial charge >= 0.3 is 6.09 Å². The minimum Gasteiger partial charge on any atom is -0.444 e. The van der Waals surface area contributed by atoms with E-state index in [4.69, 9.17) is 4.74 Å². The molecule has 1 N–H and O–H groups in total. The number of carbonyl (C=O) groups excluding carboxylic acids is 2. The van der Waals surface area contributed by atoms with Crippen molar-refractivity contribution in [3.63, 3.8) is 0 Å². The fourth-order valence-electron chi connectivity index (χ4n) is 1.63. The zero-order valence-electron chi connectivity index (χ0n) is 10.7. The molecule has 0 aromatic heterocycles. The molecular formula is C12H21NO3S. The number of thioether (sulfide) groups is 1. The van der Waals surface area contributed by atoms with E-state index in [9.17, 15) is 9.59 Å². The summed E-state index contributed by atoms with van der Waals surface area (Å²) in [4.78, 5) is 22.6. The Morgan fingerprint density at radius 1 is 1.53 bits per heavy atom. The van der Waals surface area contributed by atoms with E-state index in [1.165, 1.54) is 11.8 Å². The van der Waals surface area contributed by atoms with E-state index >= 15 is 0 Å². The fraction of sp³-hybridized carbons (Fsp3) is 0.833. The molecule has 1 fully saturated rings. The molecule has 1 aliphatic heterocycles. The van der Waals surface area contributed by atoms with Gasteiger partial charge in [0.15, 0.2) is 5.12 Å². The summed E-state index contributed by atoms with van der Waals surface area (Å²) < 4.78 is 5.12. The van der Waals surface area contributed by atoms with Gasteiger partial charge in [-0.25, -0.2) is 4.79 Å². The second kappa shape index (κ2) is 6.28. The van der Waals surface area contributed by atoms with Gasteiger partial charge in [0.25, 0.3) is 0 Å². The molecule has 0 aliphatic carbocycles. The predicted molar refractivity (Wildman–Crippen MR) is 69.1 cm³/mol. The third-order valence-corrected chi connectivity index (χ3v) is 3.61. The van der Waals surface area contributed by atoms with Gasteiger partial charge in [-0.2, -0.15) is 0 Å². The lowest BCUT2D eigenvalue weighted by atomic mass is 10.1. The molecule has 1 atom stereocenters. The van der Waals surface area contributed by atoms with Crippen molar-refractivity contribution in [3.05, 3.63) is 0 Å². The van der Waals surface area contributed by atoms with Crippen molar-refractivity contribution in [2.75, 3.05) is 6.54 Å². The summed E-state index contributed by atoms with van der Waals surface area (Å²) in [6.45, 7) is 6.08. The Kier molecular flexibility index (Phi) is 5.31. The molecule has 1 rings (SSSR count). The fourth-order valence-corrected chi connectivity index (χ4v) is 2.78. The van der Waals surface area contributed by atoms with Crippen molar-refractivity contribution >= 4 is 23.0 Å². The molecule has 1 heterocycles. The average molecular weight is 259 g/mol. The van der Waals surface area contributed by atoms with Crippen LogP contribution < -0.4 is 5.32 Å². The third kappa shape index (κ3) is 6.56. The first-order valence-electron chi connectivity index (χ1n) is 6.03. The standard InChI is InChI=1S/C12H21NO3S/c1-12(2,3)16-11(15)13-8-7-9-5-4-6-10(14)17-9/h9H,4-8H2,1-3H3,(H,13,15). The molecule has 1 unspecified atom stereocenters. The Labute approximate surface area is 107 Å². The van der Waals surface area contributed by atoms with Gasteiger partial charge in [0.05, 0.1) is 0 Å². The maximum Gasteiger partial charge on any atom is 0.407 e. The van der Waals surface area contributed by atoms with Crippen LogP contribution in [0, 0.1) is 0 Å². The number of hydrogen-bond acceptors (Lipinski definition) is 4. The van der Waals surface area contributed by atoms with Crippen LogP contribution in [-0.4, -0.2) is 28.6 Å². The molecule has 1 saturated heterocycles. The van der Waals surface area contributed by atoms with E-state index in [1.807, 2.05) is 20.8 Å². The second-order valence-corrected chi connectivity index (χ2v) is 6.58. The van der Waals surface area contributed by atoms with E-state index in [0.717, 1.165) is 19.3 Å². The topological polar surface area (TPSA) is 55.4 Å². The quantitative estimate of drug-likeness (QED) is 0.846. The highest BCUT2D eigenvalue weighted by atomic mass is 32.2. The molecule has 1 amide bonds. The van der Waals surface area contributed by atoms with E-state index in [-0.39, 0.29) is 11.2 Å². The van der Waals surface area contributed by atoms with Crippen LogP contribution in [0.25, 0.3) is 0 Å². The maximum absolute atomic E-state index is 11.4. The van der Waals surface area contributed by atoms with Crippen molar-refractivity contribution in [2.45, 2.75) is 57.3 Å².